The Labute approximate surface area is 81.0 Å². The van der Waals surface area contributed by atoms with Gasteiger partial charge in [-0.25, -0.2) is 13.1 Å². The molecular weight excluding hydrogens is 204 g/mol. The second-order valence-electron chi connectivity index (χ2n) is 2.97. The molecule has 14 heavy (non-hydrogen) atoms. The minimum atomic E-state index is -3.64. The third-order valence-electron chi connectivity index (χ3n) is 2.04. The zero-order valence-electron chi connectivity index (χ0n) is 7.15. The summed E-state index contributed by atoms with van der Waals surface area (Å²) in [7, 11) is -3.64. The quantitative estimate of drug-likeness (QED) is 0.661. The topological polar surface area (TPSA) is 89.3 Å². The summed E-state index contributed by atoms with van der Waals surface area (Å²) >= 11 is 0. The van der Waals surface area contributed by atoms with Gasteiger partial charge in [0, 0.05) is 6.54 Å². The molecular formula is C8H8N2O3S. The van der Waals surface area contributed by atoms with Crippen molar-refractivity contribution in [3.63, 3.8) is 0 Å². The maximum absolute atomic E-state index is 11.4. The maximum atomic E-state index is 11.4. The van der Waals surface area contributed by atoms with Crippen molar-refractivity contribution >= 4 is 15.9 Å². The molecule has 3 N–H and O–H groups in total. The number of carbonyl (C=O) groups is 1. The number of nitrogens with one attached hydrogen (secondary N) is 1. The molecule has 1 aromatic rings. The number of rotatable bonds is 1. The normalized spacial score (nSPS) is 17.6. The van der Waals surface area contributed by atoms with Gasteiger partial charge in [-0.15, -0.1) is 0 Å². The highest BCUT2D eigenvalue weighted by Crippen LogP contribution is 2.23. The summed E-state index contributed by atoms with van der Waals surface area (Å²) in [6, 6.07) is 4.53. The van der Waals surface area contributed by atoms with Gasteiger partial charge in [0.25, 0.3) is 15.9 Å². The predicted octanol–water partition coefficient (Wildman–Crippen LogP) is -0.423. The molecule has 0 spiro atoms. The minimum Gasteiger partial charge on any atom is -0.326 e. The van der Waals surface area contributed by atoms with E-state index in [1.54, 1.807) is 6.07 Å². The van der Waals surface area contributed by atoms with Crippen LogP contribution in [-0.4, -0.2) is 14.3 Å². The van der Waals surface area contributed by atoms with Crippen LogP contribution in [0.4, 0.5) is 0 Å². The lowest BCUT2D eigenvalue weighted by atomic mass is 10.1. The molecule has 5 nitrogen and oxygen atoms in total. The lowest BCUT2D eigenvalue weighted by Gasteiger charge is -1.98. The molecule has 0 atom stereocenters. The predicted molar refractivity (Wildman–Crippen MR) is 49.0 cm³/mol. The van der Waals surface area contributed by atoms with E-state index in [1.807, 2.05) is 4.72 Å². The lowest BCUT2D eigenvalue weighted by molar-refractivity contribution is 0.0985. The average molecular weight is 212 g/mol. The molecule has 0 aromatic heterocycles. The van der Waals surface area contributed by atoms with Crippen LogP contribution in [0.2, 0.25) is 0 Å². The Kier molecular flexibility index (Phi) is 1.83. The largest absolute Gasteiger partial charge is 0.326 e. The highest BCUT2D eigenvalue weighted by atomic mass is 32.2. The van der Waals surface area contributed by atoms with Gasteiger partial charge >= 0.3 is 0 Å². The molecule has 1 aliphatic heterocycles. The summed E-state index contributed by atoms with van der Waals surface area (Å²) in [5.74, 6) is -0.580. The van der Waals surface area contributed by atoms with Gasteiger partial charge in [-0.05, 0) is 17.7 Å². The van der Waals surface area contributed by atoms with Crippen molar-refractivity contribution in [3.05, 3.63) is 29.3 Å². The van der Waals surface area contributed by atoms with Crippen molar-refractivity contribution in [2.24, 2.45) is 5.73 Å². The maximum Gasteiger partial charge on any atom is 0.266 e. The van der Waals surface area contributed by atoms with E-state index >= 15 is 0 Å². The standard InChI is InChI=1S/C8H8N2O3S/c9-4-5-1-2-6-7(3-5)14(12,13)10-8(6)11/h1-3H,4,9H2,(H,10,11). The highest BCUT2D eigenvalue weighted by molar-refractivity contribution is 7.90. The van der Waals surface area contributed by atoms with Gasteiger partial charge in [0.2, 0.25) is 0 Å². The third-order valence-corrected chi connectivity index (χ3v) is 3.41. The van der Waals surface area contributed by atoms with Crippen LogP contribution >= 0.6 is 0 Å². The molecule has 6 heteroatoms. The van der Waals surface area contributed by atoms with E-state index in [0.29, 0.717) is 5.56 Å². The van der Waals surface area contributed by atoms with Crippen molar-refractivity contribution in [2.75, 3.05) is 0 Å². The Morgan fingerprint density at radius 1 is 1.36 bits per heavy atom. The Morgan fingerprint density at radius 3 is 2.71 bits per heavy atom. The fraction of sp³-hybridized carbons (Fsp3) is 0.125. The number of nitrogens with two attached hydrogens (primary N) is 1. The molecule has 2 rings (SSSR count). The highest BCUT2D eigenvalue weighted by Gasteiger charge is 2.32. The number of hydrogen-bond acceptors (Lipinski definition) is 4. The van der Waals surface area contributed by atoms with Gasteiger partial charge in [0.1, 0.15) is 4.90 Å². The van der Waals surface area contributed by atoms with Gasteiger partial charge in [0.05, 0.1) is 5.56 Å². The summed E-state index contributed by atoms with van der Waals surface area (Å²) < 4.78 is 24.6. The van der Waals surface area contributed by atoms with E-state index in [0.717, 1.165) is 0 Å². The van der Waals surface area contributed by atoms with E-state index in [2.05, 4.69) is 0 Å². The molecule has 0 bridgehead atoms. The summed E-state index contributed by atoms with van der Waals surface area (Å²) in [6.45, 7) is 0.247. The van der Waals surface area contributed by atoms with Gasteiger partial charge in [-0.3, -0.25) is 4.79 Å². The molecule has 1 heterocycles. The summed E-state index contributed by atoms with van der Waals surface area (Å²) in [6.07, 6.45) is 0. The minimum absolute atomic E-state index is 0.0189. The van der Waals surface area contributed by atoms with Crippen molar-refractivity contribution < 1.29 is 13.2 Å². The second-order valence-corrected chi connectivity index (χ2v) is 4.62. The monoisotopic (exact) mass is 212 g/mol. The van der Waals surface area contributed by atoms with Crippen LogP contribution in [0.5, 0.6) is 0 Å². The molecule has 1 aromatic carbocycles. The first-order chi connectivity index (χ1) is 6.54. The van der Waals surface area contributed by atoms with Crippen molar-refractivity contribution in [2.45, 2.75) is 11.4 Å². The molecule has 0 radical (unpaired) electrons. The molecule has 1 aliphatic rings. The van der Waals surface area contributed by atoms with Crippen molar-refractivity contribution in [3.8, 4) is 0 Å². The van der Waals surface area contributed by atoms with Crippen LogP contribution in [0, 0.1) is 0 Å². The van der Waals surface area contributed by atoms with E-state index in [1.165, 1.54) is 12.1 Å². The van der Waals surface area contributed by atoms with Gasteiger partial charge in [-0.1, -0.05) is 6.07 Å². The van der Waals surface area contributed by atoms with Crippen LogP contribution < -0.4 is 10.5 Å². The van der Waals surface area contributed by atoms with Gasteiger partial charge < -0.3 is 5.73 Å². The number of sulfonamides is 1. The fourth-order valence-corrected chi connectivity index (χ4v) is 2.56. The second kappa shape index (κ2) is 2.79. The van der Waals surface area contributed by atoms with Crippen LogP contribution in [0.1, 0.15) is 15.9 Å². The molecule has 0 unspecified atom stereocenters. The fourth-order valence-electron chi connectivity index (χ4n) is 1.34. The van der Waals surface area contributed by atoms with Crippen LogP contribution in [0.3, 0.4) is 0 Å². The smallest absolute Gasteiger partial charge is 0.266 e. The van der Waals surface area contributed by atoms with Crippen molar-refractivity contribution in [1.82, 2.24) is 4.72 Å². The van der Waals surface area contributed by atoms with Gasteiger partial charge in [0.15, 0.2) is 0 Å². The first-order valence-electron chi connectivity index (χ1n) is 3.95. The van der Waals surface area contributed by atoms with E-state index in [4.69, 9.17) is 5.73 Å². The third kappa shape index (κ3) is 1.19. The SMILES string of the molecule is NCc1ccc2c(c1)S(=O)(=O)NC2=O. The van der Waals surface area contributed by atoms with Crippen LogP contribution in [0.25, 0.3) is 0 Å². The molecule has 0 fully saturated rings. The van der Waals surface area contributed by atoms with E-state index in [9.17, 15) is 13.2 Å². The summed E-state index contributed by atoms with van der Waals surface area (Å²) in [5, 5.41) is 0. The molecule has 0 saturated carbocycles. The Hall–Kier alpha value is -1.40. The van der Waals surface area contributed by atoms with E-state index in [-0.39, 0.29) is 17.0 Å². The molecule has 0 aliphatic carbocycles. The first kappa shape index (κ1) is 9.17. The van der Waals surface area contributed by atoms with Crippen LogP contribution in [0.15, 0.2) is 23.1 Å². The zero-order valence-corrected chi connectivity index (χ0v) is 7.97. The average Bonchev–Trinajstić information content (AvgIpc) is 2.37. The lowest BCUT2D eigenvalue weighted by Crippen LogP contribution is -2.20. The Morgan fingerprint density at radius 2 is 2.07 bits per heavy atom. The first-order valence-corrected chi connectivity index (χ1v) is 5.43. The number of benzene rings is 1. The Balaban J connectivity index is 2.71. The van der Waals surface area contributed by atoms with Gasteiger partial charge in [-0.2, -0.15) is 0 Å². The van der Waals surface area contributed by atoms with Crippen LogP contribution in [-0.2, 0) is 16.6 Å². The summed E-state index contributed by atoms with van der Waals surface area (Å²) in [4.78, 5) is 11.2. The zero-order chi connectivity index (χ0) is 10.3. The van der Waals surface area contributed by atoms with Crippen molar-refractivity contribution in [1.29, 1.82) is 0 Å². The summed E-state index contributed by atoms with van der Waals surface area (Å²) in [5.41, 5.74) is 6.23. The molecule has 0 saturated heterocycles. The number of amides is 1. The molecule has 1 amide bonds. The number of carbonyl (C=O) groups excluding carboxylic acids is 1. The molecule has 74 valence electrons. The number of hydrogen-bond donors (Lipinski definition) is 2. The van der Waals surface area contributed by atoms with E-state index < -0.39 is 15.9 Å². The number of fused-ring (bicyclic) bond motifs is 1. The Bertz CT molecular complexity index is 507.